The highest BCUT2D eigenvalue weighted by Gasteiger charge is 2.45. The molecule has 21 heteroatoms. The third-order valence-corrected chi connectivity index (χ3v) is 17.0. The Hall–Kier alpha value is -7.14. The molecule has 8 rings (SSSR count). The number of benzene rings is 3. The summed E-state index contributed by atoms with van der Waals surface area (Å²) in [5.41, 5.74) is 6.96. The molecule has 0 radical (unpaired) electrons. The minimum atomic E-state index is -0.870. The van der Waals surface area contributed by atoms with E-state index in [9.17, 15) is 24.3 Å². The topological polar surface area (TPSA) is 247 Å². The summed E-state index contributed by atoms with van der Waals surface area (Å²) in [5, 5.41) is 32.5. The maximum atomic E-state index is 14.0. The monoisotopic (exact) mass is 1210 g/mol. The van der Waals surface area contributed by atoms with E-state index in [-0.39, 0.29) is 55.6 Å². The van der Waals surface area contributed by atoms with E-state index < -0.39 is 29.1 Å². The fraction of sp³-hybridized carbons (Fsp3) is 0.515. The molecular formula is C66H89N11O9S. The number of aryl methyl sites for hydroxylation is 1. The number of carbonyl (C=O) groups is 4. The van der Waals surface area contributed by atoms with Crippen LogP contribution < -0.4 is 26.0 Å². The summed E-state index contributed by atoms with van der Waals surface area (Å²) in [6.07, 6.45) is 10.9. The Morgan fingerprint density at radius 3 is 2.13 bits per heavy atom. The Balaban J connectivity index is 0.616. The van der Waals surface area contributed by atoms with Crippen molar-refractivity contribution in [2.45, 2.75) is 142 Å². The van der Waals surface area contributed by atoms with Crippen molar-refractivity contribution in [3.63, 3.8) is 0 Å². The van der Waals surface area contributed by atoms with Gasteiger partial charge in [0.2, 0.25) is 17.7 Å². The number of likely N-dealkylation sites (tertiary alicyclic amines) is 2. The maximum absolute atomic E-state index is 14.0. The number of aliphatic hydroxyl groups is 1. The molecule has 0 aliphatic carbocycles. The molecule has 0 bridgehead atoms. The fourth-order valence-corrected chi connectivity index (χ4v) is 11.7. The second-order valence-corrected chi connectivity index (χ2v) is 24.8. The number of ether oxygens (including phenoxy) is 4. The van der Waals surface area contributed by atoms with Gasteiger partial charge >= 0.3 is 0 Å². The number of aliphatic hydroxyl groups excluding tert-OH is 1. The molecular weight excluding hydrogens is 1120 g/mol. The highest BCUT2D eigenvalue weighted by molar-refractivity contribution is 7.13. The standard InChI is InChI=1S/C66H89N11O9S/c1-46(70-61(80)52-15-14-16-53(41-52)73-66(28-32-76(6)33-29-66)64-72-60(74-75-64)51-26-30-67-31-27-51)49-22-24-55(25-23-49)86-36-13-8-7-11-34-83-37-39-85-40-38-84-35-12-9-10-17-57(79)71-59(65(3,4)5)63(82)77-44-54(78)42-56(77)62(81)68-43-48-18-20-50(21-19-48)58-47(2)69-45-87-58/h14-16,18-27,30-31,41,45-46,54,56,59,73,78H,7-13,17,28-29,32-40,42-44H2,1-6H3,(H,68,81)(H,70,80)(H,71,79)(H,72,74,75)/t46-,54+,56-,59+/m0/s1. The number of piperidine rings is 1. The first kappa shape index (κ1) is 65.8. The summed E-state index contributed by atoms with van der Waals surface area (Å²) in [4.78, 5) is 70.9. The van der Waals surface area contributed by atoms with E-state index in [0.29, 0.717) is 64.1 Å². The number of thiazole rings is 1. The van der Waals surface area contributed by atoms with E-state index >= 15 is 0 Å². The van der Waals surface area contributed by atoms with E-state index in [1.54, 1.807) is 23.7 Å². The van der Waals surface area contributed by atoms with Crippen molar-refractivity contribution in [3.8, 4) is 27.6 Å². The summed E-state index contributed by atoms with van der Waals surface area (Å²) in [6.45, 7) is 15.5. The number of H-pyrrole nitrogens is 1. The average molecular weight is 1210 g/mol. The summed E-state index contributed by atoms with van der Waals surface area (Å²) in [6, 6.07) is 25.3. The van der Waals surface area contributed by atoms with Crippen molar-refractivity contribution < 1.29 is 43.2 Å². The van der Waals surface area contributed by atoms with E-state index in [0.717, 1.165) is 115 Å². The third-order valence-electron chi connectivity index (χ3n) is 16.1. The number of carbonyl (C=O) groups excluding carboxylic acids is 4. The lowest BCUT2D eigenvalue weighted by Crippen LogP contribution is -2.57. The molecule has 0 unspecified atom stereocenters. The smallest absolute Gasteiger partial charge is 0.251 e. The summed E-state index contributed by atoms with van der Waals surface area (Å²) < 4.78 is 23.2. The molecule has 5 heterocycles. The van der Waals surface area contributed by atoms with E-state index in [2.05, 4.69) is 58.4 Å². The lowest BCUT2D eigenvalue weighted by atomic mass is 9.85. The van der Waals surface area contributed by atoms with Crippen molar-refractivity contribution in [2.75, 3.05) is 78.2 Å². The molecule has 2 aliphatic heterocycles. The summed E-state index contributed by atoms with van der Waals surface area (Å²) in [5.74, 6) is 1.16. The molecule has 2 aliphatic rings. The molecule has 2 saturated heterocycles. The summed E-state index contributed by atoms with van der Waals surface area (Å²) >= 11 is 1.58. The molecule has 3 aromatic heterocycles. The predicted octanol–water partition coefficient (Wildman–Crippen LogP) is 9.18. The van der Waals surface area contributed by atoms with Crippen molar-refractivity contribution >= 4 is 40.7 Å². The normalized spacial score (nSPS) is 16.7. The molecule has 20 nitrogen and oxygen atoms in total. The van der Waals surface area contributed by atoms with Gasteiger partial charge in [0.05, 0.1) is 66.8 Å². The van der Waals surface area contributed by atoms with E-state index in [1.165, 1.54) is 4.90 Å². The number of pyridine rings is 1. The molecule has 0 spiro atoms. The number of aromatic amines is 1. The second-order valence-electron chi connectivity index (χ2n) is 24.0. The number of hydrogen-bond donors (Lipinski definition) is 6. The number of amides is 4. The molecule has 468 valence electrons. The van der Waals surface area contributed by atoms with Gasteiger partial charge in [0, 0.05) is 81.4 Å². The Labute approximate surface area is 516 Å². The van der Waals surface area contributed by atoms with Gasteiger partial charge in [0.15, 0.2) is 11.6 Å². The number of unbranched alkanes of at least 4 members (excludes halogenated alkanes) is 5. The van der Waals surface area contributed by atoms with Gasteiger partial charge in [-0.1, -0.05) is 76.1 Å². The predicted molar refractivity (Wildman–Crippen MR) is 337 cm³/mol. The first-order valence-electron chi connectivity index (χ1n) is 30.8. The van der Waals surface area contributed by atoms with Crippen LogP contribution >= 0.6 is 11.3 Å². The molecule has 87 heavy (non-hydrogen) atoms. The zero-order valence-electron chi connectivity index (χ0n) is 51.5. The van der Waals surface area contributed by atoms with Crippen molar-refractivity contribution in [1.29, 1.82) is 0 Å². The highest BCUT2D eigenvalue weighted by atomic mass is 32.1. The zero-order chi connectivity index (χ0) is 61.6. The molecule has 6 N–H and O–H groups in total. The second kappa shape index (κ2) is 32.7. The van der Waals surface area contributed by atoms with Crippen LogP contribution in [-0.2, 0) is 40.7 Å². The Morgan fingerprint density at radius 2 is 1.46 bits per heavy atom. The van der Waals surface area contributed by atoms with Crippen LogP contribution in [0.3, 0.4) is 0 Å². The van der Waals surface area contributed by atoms with Gasteiger partial charge in [-0.2, -0.15) is 0 Å². The van der Waals surface area contributed by atoms with Crippen LogP contribution in [0.5, 0.6) is 5.75 Å². The first-order valence-corrected chi connectivity index (χ1v) is 31.7. The van der Waals surface area contributed by atoms with Gasteiger partial charge in [0.25, 0.3) is 5.91 Å². The van der Waals surface area contributed by atoms with Gasteiger partial charge in [-0.05, 0) is 130 Å². The van der Waals surface area contributed by atoms with Crippen LogP contribution in [0.15, 0.2) is 103 Å². The molecule has 4 atom stereocenters. The molecule has 6 aromatic rings. The molecule has 0 saturated carbocycles. The van der Waals surface area contributed by atoms with E-state index in [1.807, 2.05) is 125 Å². The quantitative estimate of drug-likeness (QED) is 0.0210. The largest absolute Gasteiger partial charge is 0.494 e. The Morgan fingerprint density at radius 1 is 0.793 bits per heavy atom. The zero-order valence-corrected chi connectivity index (χ0v) is 52.3. The number of hydrogen-bond acceptors (Lipinski definition) is 16. The average Bonchev–Trinajstić information content (AvgIpc) is 2.13. The van der Waals surface area contributed by atoms with Gasteiger partial charge < -0.3 is 60.1 Å². The SMILES string of the molecule is Cc1ncsc1-c1ccc(CNC(=O)[C@@H]2C[C@@H](O)CN2C(=O)[C@@H](NC(=O)CCCCCOCCOCCOCCCCCCOc2ccc([C@H](C)NC(=O)c3cccc(NC4(c5nnc(-c6ccncc6)[nH]5)CCN(C)CC4)c3)cc2)C(C)(C)C)cc1. The van der Waals surface area contributed by atoms with Gasteiger partial charge in [0.1, 0.15) is 17.8 Å². The van der Waals surface area contributed by atoms with Crippen LogP contribution in [0, 0.1) is 12.3 Å². The first-order chi connectivity index (χ1) is 42.0. The summed E-state index contributed by atoms with van der Waals surface area (Å²) in [7, 11) is 2.12. The van der Waals surface area contributed by atoms with Gasteiger partial charge in [-0.25, -0.2) is 4.98 Å². The van der Waals surface area contributed by atoms with Crippen LogP contribution in [0.1, 0.15) is 137 Å². The Bertz CT molecular complexity index is 3090. The van der Waals surface area contributed by atoms with Crippen LogP contribution in [0.2, 0.25) is 0 Å². The molecule has 4 amide bonds. The molecule has 2 fully saturated rings. The van der Waals surface area contributed by atoms with E-state index in [4.69, 9.17) is 18.9 Å². The van der Waals surface area contributed by atoms with Crippen molar-refractivity contribution in [3.05, 3.63) is 131 Å². The third kappa shape index (κ3) is 19.7. The highest BCUT2D eigenvalue weighted by Crippen LogP contribution is 2.36. The number of anilines is 1. The Kier molecular flexibility index (Phi) is 24.8. The van der Waals surface area contributed by atoms with Gasteiger partial charge in [-0.15, -0.1) is 21.5 Å². The maximum Gasteiger partial charge on any atom is 0.251 e. The van der Waals surface area contributed by atoms with Crippen LogP contribution in [0.4, 0.5) is 5.69 Å². The number of β-amino-alcohol motifs (C(OH)–C–C–N with tert-alkyl or cyclic N) is 1. The number of nitrogens with zero attached hydrogens (tertiary/aromatic N) is 6. The van der Waals surface area contributed by atoms with Gasteiger partial charge in [-0.3, -0.25) is 24.2 Å². The van der Waals surface area contributed by atoms with Crippen molar-refractivity contribution in [2.24, 2.45) is 5.41 Å². The van der Waals surface area contributed by atoms with Crippen LogP contribution in [0.25, 0.3) is 21.8 Å². The number of nitrogens with one attached hydrogen (secondary N) is 5. The minimum absolute atomic E-state index is 0.0219. The lowest BCUT2D eigenvalue weighted by Gasteiger charge is -2.40. The number of rotatable bonds is 33. The van der Waals surface area contributed by atoms with Crippen LogP contribution in [-0.4, -0.2) is 155 Å². The minimum Gasteiger partial charge on any atom is -0.494 e. The molecule has 3 aromatic carbocycles. The fourth-order valence-electron chi connectivity index (χ4n) is 10.8. The van der Waals surface area contributed by atoms with Crippen molar-refractivity contribution in [1.82, 2.24) is 50.9 Å². The lowest BCUT2D eigenvalue weighted by molar-refractivity contribution is -0.144. The number of aromatic nitrogens is 5.